The maximum absolute atomic E-state index is 12.2. The van der Waals surface area contributed by atoms with Gasteiger partial charge in [-0.25, -0.2) is 8.42 Å². The van der Waals surface area contributed by atoms with Crippen molar-refractivity contribution in [1.82, 2.24) is 9.62 Å². The van der Waals surface area contributed by atoms with Crippen molar-refractivity contribution in [2.45, 2.75) is 18.4 Å². The van der Waals surface area contributed by atoms with Crippen molar-refractivity contribution >= 4 is 43.6 Å². The minimum atomic E-state index is -3.96. The number of rotatable bonds is 9. The fourth-order valence-electron chi connectivity index (χ4n) is 2.38. The van der Waals surface area contributed by atoms with Crippen LogP contribution >= 0.6 is 15.9 Å². The predicted octanol–water partition coefficient (Wildman–Crippen LogP) is 2.13. The summed E-state index contributed by atoms with van der Waals surface area (Å²) in [6, 6.07) is 12.7. The van der Waals surface area contributed by atoms with Crippen LogP contribution in [-0.4, -0.2) is 51.2 Å². The zero-order chi connectivity index (χ0) is 22.3. The van der Waals surface area contributed by atoms with Gasteiger partial charge >= 0.3 is 5.97 Å². The number of carbonyl (C=O) groups is 3. The predicted molar refractivity (Wildman–Crippen MR) is 113 cm³/mol. The Labute approximate surface area is 183 Å². The van der Waals surface area contributed by atoms with Crippen LogP contribution in [0.1, 0.15) is 22.8 Å². The van der Waals surface area contributed by atoms with Crippen molar-refractivity contribution < 1.29 is 27.5 Å². The molecule has 2 aromatic carbocycles. The number of hydrogen-bond acceptors (Lipinski definition) is 6. The summed E-state index contributed by atoms with van der Waals surface area (Å²) < 4.78 is 32.3. The average Bonchev–Trinajstić information content (AvgIpc) is 2.72. The molecule has 0 radical (unpaired) electrons. The molecule has 0 unspecified atom stereocenters. The van der Waals surface area contributed by atoms with Gasteiger partial charge in [0.05, 0.1) is 4.90 Å². The van der Waals surface area contributed by atoms with Gasteiger partial charge in [-0.1, -0.05) is 46.3 Å². The second-order valence-electron chi connectivity index (χ2n) is 6.41. The molecule has 1 amide bonds. The third-order valence-corrected chi connectivity index (χ3v) is 6.32. The van der Waals surface area contributed by atoms with Crippen LogP contribution in [0, 0.1) is 0 Å². The fourth-order valence-corrected chi connectivity index (χ4v) is 3.76. The molecule has 8 nitrogen and oxygen atoms in total. The Hall–Kier alpha value is -2.56. The number of amides is 1. The average molecular weight is 497 g/mol. The van der Waals surface area contributed by atoms with E-state index < -0.39 is 35.1 Å². The first-order valence-electron chi connectivity index (χ1n) is 8.84. The summed E-state index contributed by atoms with van der Waals surface area (Å²) >= 11 is 3.40. The number of ether oxygens (including phenoxy) is 1. The maximum atomic E-state index is 12.2. The van der Waals surface area contributed by atoms with E-state index in [0.717, 1.165) is 10.0 Å². The van der Waals surface area contributed by atoms with Gasteiger partial charge in [-0.2, -0.15) is 4.72 Å². The first kappa shape index (κ1) is 23.7. The SMILES string of the molecule is CC(=O)c1ccc(S(=O)(=O)NCC(=O)OCC(=O)N(C)Cc2ccccc2Br)cc1. The van der Waals surface area contributed by atoms with Gasteiger partial charge < -0.3 is 9.64 Å². The van der Waals surface area contributed by atoms with Crippen LogP contribution in [0.15, 0.2) is 57.9 Å². The lowest BCUT2D eigenvalue weighted by molar-refractivity contribution is -0.150. The van der Waals surface area contributed by atoms with E-state index in [1.54, 1.807) is 7.05 Å². The molecule has 0 spiro atoms. The molecule has 1 N–H and O–H groups in total. The third-order valence-electron chi connectivity index (χ3n) is 4.13. The highest BCUT2D eigenvalue weighted by Crippen LogP contribution is 2.17. The Balaban J connectivity index is 1.83. The van der Waals surface area contributed by atoms with Crippen LogP contribution in [0.4, 0.5) is 0 Å². The molecule has 0 bridgehead atoms. The van der Waals surface area contributed by atoms with Crippen molar-refractivity contribution in [3.05, 3.63) is 64.1 Å². The van der Waals surface area contributed by atoms with Gasteiger partial charge in [-0.05, 0) is 30.7 Å². The van der Waals surface area contributed by atoms with Crippen LogP contribution in [0.25, 0.3) is 0 Å². The van der Waals surface area contributed by atoms with Crippen molar-refractivity contribution in [2.75, 3.05) is 20.2 Å². The van der Waals surface area contributed by atoms with Crippen LogP contribution in [0.2, 0.25) is 0 Å². The van der Waals surface area contributed by atoms with E-state index in [4.69, 9.17) is 4.74 Å². The van der Waals surface area contributed by atoms with E-state index in [9.17, 15) is 22.8 Å². The molecule has 2 aromatic rings. The van der Waals surface area contributed by atoms with E-state index in [2.05, 4.69) is 20.7 Å². The Bertz CT molecular complexity index is 1040. The molecule has 0 aliphatic rings. The molecule has 0 saturated heterocycles. The van der Waals surface area contributed by atoms with Gasteiger partial charge in [-0.3, -0.25) is 14.4 Å². The highest BCUT2D eigenvalue weighted by atomic mass is 79.9. The number of sulfonamides is 1. The number of benzene rings is 2. The van der Waals surface area contributed by atoms with Crippen molar-refractivity contribution in [2.24, 2.45) is 0 Å². The molecule has 160 valence electrons. The van der Waals surface area contributed by atoms with Crippen LogP contribution in [-0.2, 0) is 30.9 Å². The summed E-state index contributed by atoms with van der Waals surface area (Å²) in [6.07, 6.45) is 0. The number of likely N-dealkylation sites (N-methyl/N-ethyl adjacent to an activating group) is 1. The van der Waals surface area contributed by atoms with Gasteiger partial charge in [0, 0.05) is 23.6 Å². The Morgan fingerprint density at radius 3 is 2.30 bits per heavy atom. The van der Waals surface area contributed by atoms with E-state index in [1.165, 1.54) is 36.1 Å². The third kappa shape index (κ3) is 6.75. The van der Waals surface area contributed by atoms with E-state index in [0.29, 0.717) is 12.1 Å². The monoisotopic (exact) mass is 496 g/mol. The van der Waals surface area contributed by atoms with Crippen LogP contribution < -0.4 is 4.72 Å². The Morgan fingerprint density at radius 1 is 1.07 bits per heavy atom. The number of carbonyl (C=O) groups excluding carboxylic acids is 3. The topological polar surface area (TPSA) is 110 Å². The lowest BCUT2D eigenvalue weighted by Gasteiger charge is -2.18. The molecule has 0 heterocycles. The number of Topliss-reactive ketones (excluding diaryl/α,β-unsaturated/α-hetero) is 1. The highest BCUT2D eigenvalue weighted by molar-refractivity contribution is 9.10. The van der Waals surface area contributed by atoms with Crippen molar-refractivity contribution in [1.29, 1.82) is 0 Å². The minimum Gasteiger partial charge on any atom is -0.455 e. The zero-order valence-corrected chi connectivity index (χ0v) is 18.8. The largest absolute Gasteiger partial charge is 0.455 e. The van der Waals surface area contributed by atoms with Gasteiger partial charge in [-0.15, -0.1) is 0 Å². The van der Waals surface area contributed by atoms with Gasteiger partial charge in [0.15, 0.2) is 12.4 Å². The molecular formula is C20H21BrN2O6S. The van der Waals surface area contributed by atoms with Gasteiger partial charge in [0.2, 0.25) is 10.0 Å². The van der Waals surface area contributed by atoms with Crippen LogP contribution in [0.3, 0.4) is 0 Å². The zero-order valence-electron chi connectivity index (χ0n) is 16.4. The molecule has 0 aromatic heterocycles. The molecule has 10 heteroatoms. The second kappa shape index (κ2) is 10.5. The lowest BCUT2D eigenvalue weighted by atomic mass is 10.2. The smallest absolute Gasteiger partial charge is 0.321 e. The molecule has 0 aliphatic heterocycles. The summed E-state index contributed by atoms with van der Waals surface area (Å²) in [5.74, 6) is -1.51. The second-order valence-corrected chi connectivity index (χ2v) is 9.03. The molecule has 0 fully saturated rings. The Morgan fingerprint density at radius 2 is 1.70 bits per heavy atom. The number of hydrogen-bond donors (Lipinski definition) is 1. The molecule has 0 atom stereocenters. The first-order valence-corrected chi connectivity index (χ1v) is 11.1. The molecule has 0 saturated carbocycles. The van der Waals surface area contributed by atoms with E-state index in [-0.39, 0.29) is 10.7 Å². The van der Waals surface area contributed by atoms with Gasteiger partial charge in [0.25, 0.3) is 5.91 Å². The first-order chi connectivity index (χ1) is 14.1. The summed E-state index contributed by atoms with van der Waals surface area (Å²) in [5, 5.41) is 0. The van der Waals surface area contributed by atoms with E-state index >= 15 is 0 Å². The molecule has 2 rings (SSSR count). The van der Waals surface area contributed by atoms with Crippen LogP contribution in [0.5, 0.6) is 0 Å². The normalized spacial score (nSPS) is 11.0. The van der Waals surface area contributed by atoms with E-state index in [1.807, 2.05) is 24.3 Å². The number of ketones is 1. The standard InChI is InChI=1S/C20H21BrN2O6S/c1-14(24)15-7-9-17(10-8-15)30(27,28)22-11-20(26)29-13-19(25)23(2)12-16-5-3-4-6-18(16)21/h3-10,22H,11-13H2,1-2H3. The summed E-state index contributed by atoms with van der Waals surface area (Å²) in [7, 11) is -2.39. The summed E-state index contributed by atoms with van der Waals surface area (Å²) in [4.78, 5) is 36.5. The lowest BCUT2D eigenvalue weighted by Crippen LogP contribution is -2.34. The minimum absolute atomic E-state index is 0.0930. The van der Waals surface area contributed by atoms with Gasteiger partial charge in [0.1, 0.15) is 6.54 Å². The maximum Gasteiger partial charge on any atom is 0.321 e. The fraction of sp³-hybridized carbons (Fsp3) is 0.250. The summed E-state index contributed by atoms with van der Waals surface area (Å²) in [6.45, 7) is 0.558. The highest BCUT2D eigenvalue weighted by Gasteiger charge is 2.18. The van der Waals surface area contributed by atoms with Crippen molar-refractivity contribution in [3.63, 3.8) is 0 Å². The molecular weight excluding hydrogens is 476 g/mol. The van der Waals surface area contributed by atoms with Crippen molar-refractivity contribution in [3.8, 4) is 0 Å². The number of esters is 1. The quantitative estimate of drug-likeness (QED) is 0.420. The Kier molecular flexibility index (Phi) is 8.27. The number of nitrogens with one attached hydrogen (secondary N) is 1. The number of nitrogens with zero attached hydrogens (tertiary/aromatic N) is 1. The molecule has 0 aliphatic carbocycles. The number of halogens is 1. The summed E-state index contributed by atoms with van der Waals surface area (Å²) in [5.41, 5.74) is 1.27. The molecule has 30 heavy (non-hydrogen) atoms.